The Kier molecular flexibility index (Phi) is 3.31. The molecule has 0 bridgehead atoms. The van der Waals surface area contributed by atoms with E-state index in [1.165, 1.54) is 6.07 Å². The summed E-state index contributed by atoms with van der Waals surface area (Å²) in [6.45, 7) is 0. The Morgan fingerprint density at radius 3 is 2.29 bits per heavy atom. The number of hydrogen-bond acceptors (Lipinski definition) is 2. The van der Waals surface area contributed by atoms with E-state index in [0.29, 0.717) is 4.47 Å². The van der Waals surface area contributed by atoms with Crippen molar-refractivity contribution in [2.75, 3.05) is 0 Å². The predicted molar refractivity (Wildman–Crippen MR) is 50.2 cm³/mol. The molecular weight excluding hydrogens is 333 g/mol. The van der Waals surface area contributed by atoms with Gasteiger partial charge in [0.25, 0.3) is 0 Å². The van der Waals surface area contributed by atoms with Crippen LogP contribution in [0.4, 0.5) is 13.2 Å². The molecule has 0 aromatic heterocycles. The van der Waals surface area contributed by atoms with Gasteiger partial charge in [0, 0.05) is 4.47 Å². The third kappa shape index (κ3) is 2.78. The molecule has 0 aliphatic heterocycles. The summed E-state index contributed by atoms with van der Waals surface area (Å²) in [6, 6.07) is 2.48. The van der Waals surface area contributed by atoms with Crippen LogP contribution < -0.4 is 4.74 Å². The first-order valence-electron chi connectivity index (χ1n) is 3.24. The topological polar surface area (TPSA) is 29.5 Å². The molecule has 0 heterocycles. The Morgan fingerprint density at radius 2 is 1.79 bits per heavy atom. The molecule has 0 aliphatic rings. The van der Waals surface area contributed by atoms with Gasteiger partial charge in [0.15, 0.2) is 11.5 Å². The number of phenolic OH excluding ortho intramolecular Hbond substituents is 1. The zero-order valence-corrected chi connectivity index (χ0v) is 9.57. The highest BCUT2D eigenvalue weighted by atomic mass is 79.9. The van der Waals surface area contributed by atoms with E-state index < -0.39 is 17.9 Å². The summed E-state index contributed by atoms with van der Waals surface area (Å²) in [7, 11) is 0. The van der Waals surface area contributed by atoms with Crippen molar-refractivity contribution in [2.45, 2.75) is 6.36 Å². The van der Waals surface area contributed by atoms with Crippen LogP contribution in [0.25, 0.3) is 0 Å². The van der Waals surface area contributed by atoms with E-state index in [4.69, 9.17) is 5.11 Å². The Balaban J connectivity index is 3.13. The molecule has 0 aliphatic carbocycles. The number of aromatic hydroxyl groups is 1. The highest BCUT2D eigenvalue weighted by Gasteiger charge is 2.33. The van der Waals surface area contributed by atoms with Gasteiger partial charge >= 0.3 is 6.36 Å². The molecule has 0 amide bonds. The van der Waals surface area contributed by atoms with Gasteiger partial charge in [-0.1, -0.05) is 0 Å². The molecule has 14 heavy (non-hydrogen) atoms. The largest absolute Gasteiger partial charge is 0.573 e. The minimum Gasteiger partial charge on any atom is -0.504 e. The van der Waals surface area contributed by atoms with Gasteiger partial charge in [-0.25, -0.2) is 0 Å². The number of phenols is 1. The molecule has 1 rings (SSSR count). The highest BCUT2D eigenvalue weighted by Crippen LogP contribution is 2.41. The van der Waals surface area contributed by atoms with Gasteiger partial charge in [-0.05, 0) is 44.0 Å². The van der Waals surface area contributed by atoms with Crippen molar-refractivity contribution in [3.63, 3.8) is 0 Å². The average Bonchev–Trinajstić information content (AvgIpc) is 2.04. The first kappa shape index (κ1) is 11.6. The third-order valence-electron chi connectivity index (χ3n) is 1.25. The molecule has 0 fully saturated rings. The van der Waals surface area contributed by atoms with Crippen LogP contribution in [0.5, 0.6) is 11.5 Å². The molecule has 0 atom stereocenters. The van der Waals surface area contributed by atoms with Crippen molar-refractivity contribution >= 4 is 31.9 Å². The summed E-state index contributed by atoms with van der Waals surface area (Å²) in [6.07, 6.45) is -4.83. The zero-order chi connectivity index (χ0) is 10.9. The highest BCUT2D eigenvalue weighted by molar-refractivity contribution is 9.13. The molecule has 78 valence electrons. The number of ether oxygens (including phenoxy) is 1. The second kappa shape index (κ2) is 3.98. The molecular formula is C7H3Br2F3O2. The van der Waals surface area contributed by atoms with E-state index in [1.807, 2.05) is 0 Å². The minimum atomic E-state index is -4.83. The molecule has 1 N–H and O–H groups in total. The molecule has 0 spiro atoms. The Labute approximate surface area is 93.9 Å². The summed E-state index contributed by atoms with van der Waals surface area (Å²) in [4.78, 5) is 0. The number of hydrogen-bond donors (Lipinski definition) is 1. The summed E-state index contributed by atoms with van der Waals surface area (Å²) in [5, 5.41) is 9.10. The number of benzene rings is 1. The molecule has 0 unspecified atom stereocenters. The zero-order valence-electron chi connectivity index (χ0n) is 6.40. The van der Waals surface area contributed by atoms with Crippen LogP contribution in [0.3, 0.4) is 0 Å². The van der Waals surface area contributed by atoms with E-state index in [1.54, 1.807) is 0 Å². The third-order valence-corrected chi connectivity index (χ3v) is 3.23. The predicted octanol–water partition coefficient (Wildman–Crippen LogP) is 3.82. The van der Waals surface area contributed by atoms with E-state index in [2.05, 4.69) is 36.6 Å². The van der Waals surface area contributed by atoms with Gasteiger partial charge in [-0.3, -0.25) is 0 Å². The maximum absolute atomic E-state index is 11.9. The molecule has 1 aromatic carbocycles. The normalized spacial score (nSPS) is 11.5. The van der Waals surface area contributed by atoms with Crippen LogP contribution in [-0.2, 0) is 0 Å². The summed E-state index contributed by atoms with van der Waals surface area (Å²) in [5.74, 6) is -1.25. The van der Waals surface area contributed by atoms with Crippen LogP contribution in [0.2, 0.25) is 0 Å². The van der Waals surface area contributed by atoms with Gasteiger partial charge in [0.2, 0.25) is 0 Å². The maximum atomic E-state index is 11.9. The Hall–Kier alpha value is -0.430. The lowest BCUT2D eigenvalue weighted by atomic mass is 10.3. The van der Waals surface area contributed by atoms with Crippen molar-refractivity contribution < 1.29 is 23.0 Å². The van der Waals surface area contributed by atoms with Crippen molar-refractivity contribution in [1.29, 1.82) is 0 Å². The number of halogens is 5. The Morgan fingerprint density at radius 1 is 1.21 bits per heavy atom. The quantitative estimate of drug-likeness (QED) is 0.845. The Bertz CT molecular complexity index is 352. The molecule has 2 nitrogen and oxygen atoms in total. The summed E-state index contributed by atoms with van der Waals surface area (Å²) >= 11 is 5.83. The summed E-state index contributed by atoms with van der Waals surface area (Å²) in [5.41, 5.74) is 0. The monoisotopic (exact) mass is 334 g/mol. The van der Waals surface area contributed by atoms with E-state index in [9.17, 15) is 13.2 Å². The summed E-state index contributed by atoms with van der Waals surface area (Å²) < 4.78 is 39.6. The lowest BCUT2D eigenvalue weighted by Gasteiger charge is -2.12. The molecule has 7 heteroatoms. The average molecular weight is 336 g/mol. The van der Waals surface area contributed by atoms with Crippen LogP contribution in [0, 0.1) is 0 Å². The SMILES string of the molecule is Oc1ccc(Br)c(Br)c1OC(F)(F)F. The van der Waals surface area contributed by atoms with Gasteiger partial charge in [0.05, 0.1) is 4.47 Å². The fraction of sp³-hybridized carbons (Fsp3) is 0.143. The van der Waals surface area contributed by atoms with Crippen molar-refractivity contribution in [1.82, 2.24) is 0 Å². The van der Waals surface area contributed by atoms with Crippen LogP contribution in [-0.4, -0.2) is 11.5 Å². The first-order valence-corrected chi connectivity index (χ1v) is 4.82. The molecule has 0 radical (unpaired) electrons. The van der Waals surface area contributed by atoms with Gasteiger partial charge in [-0.15, -0.1) is 13.2 Å². The standard InChI is InChI=1S/C7H3Br2F3O2/c8-3-1-2-4(13)6(5(3)9)14-7(10,11)12/h1-2,13H. The first-order chi connectivity index (χ1) is 6.31. The number of rotatable bonds is 1. The molecule has 0 saturated carbocycles. The fourth-order valence-corrected chi connectivity index (χ4v) is 1.46. The number of alkyl halides is 3. The second-order valence-electron chi connectivity index (χ2n) is 2.26. The van der Waals surface area contributed by atoms with Gasteiger partial charge in [-0.2, -0.15) is 0 Å². The van der Waals surface area contributed by atoms with E-state index >= 15 is 0 Å². The van der Waals surface area contributed by atoms with Gasteiger partial charge < -0.3 is 9.84 Å². The fourth-order valence-electron chi connectivity index (χ4n) is 0.735. The van der Waals surface area contributed by atoms with Crippen molar-refractivity contribution in [2.24, 2.45) is 0 Å². The molecule has 0 saturated heterocycles. The molecule has 1 aromatic rings. The van der Waals surface area contributed by atoms with Crippen LogP contribution in [0.15, 0.2) is 21.1 Å². The lowest BCUT2D eigenvalue weighted by molar-refractivity contribution is -0.275. The van der Waals surface area contributed by atoms with Crippen molar-refractivity contribution in [3.8, 4) is 11.5 Å². The van der Waals surface area contributed by atoms with Crippen molar-refractivity contribution in [3.05, 3.63) is 21.1 Å². The van der Waals surface area contributed by atoms with E-state index in [0.717, 1.165) is 6.07 Å². The van der Waals surface area contributed by atoms with Crippen LogP contribution in [0.1, 0.15) is 0 Å². The van der Waals surface area contributed by atoms with Crippen LogP contribution >= 0.6 is 31.9 Å². The smallest absolute Gasteiger partial charge is 0.504 e. The maximum Gasteiger partial charge on any atom is 0.573 e. The van der Waals surface area contributed by atoms with E-state index in [-0.39, 0.29) is 4.47 Å². The van der Waals surface area contributed by atoms with Gasteiger partial charge in [0.1, 0.15) is 0 Å². The second-order valence-corrected chi connectivity index (χ2v) is 3.90. The lowest BCUT2D eigenvalue weighted by Crippen LogP contribution is -2.17. The minimum absolute atomic E-state index is 0.00910.